The first-order chi connectivity index (χ1) is 9.40. The van der Waals surface area contributed by atoms with Gasteiger partial charge in [-0.1, -0.05) is 18.2 Å². The average Bonchev–Trinajstić information content (AvgIpc) is 2.90. The first kappa shape index (κ1) is 14.4. The summed E-state index contributed by atoms with van der Waals surface area (Å²) in [6.45, 7) is 3.43. The largest absolute Gasteiger partial charge is 0.494 e. The lowest BCUT2D eigenvalue weighted by molar-refractivity contribution is 0.199. The van der Waals surface area contributed by atoms with Crippen molar-refractivity contribution in [2.45, 2.75) is 38.1 Å². The van der Waals surface area contributed by atoms with E-state index in [0.717, 1.165) is 38.2 Å². The quantitative estimate of drug-likeness (QED) is 0.732. The molecule has 0 saturated carbocycles. The number of hydrogen-bond donors (Lipinski definition) is 1. The predicted molar refractivity (Wildman–Crippen MR) is 77.5 cm³/mol. The summed E-state index contributed by atoms with van der Waals surface area (Å²) >= 11 is 0. The van der Waals surface area contributed by atoms with E-state index in [0.29, 0.717) is 12.6 Å². The molecule has 2 rings (SSSR count). The number of likely N-dealkylation sites (tertiary alicyclic amines) is 1. The van der Waals surface area contributed by atoms with Crippen molar-refractivity contribution in [1.29, 1.82) is 0 Å². The molecule has 19 heavy (non-hydrogen) atoms. The molecule has 1 atom stereocenters. The van der Waals surface area contributed by atoms with Crippen molar-refractivity contribution in [2.24, 2.45) is 0 Å². The molecule has 3 nitrogen and oxygen atoms in total. The molecule has 1 aromatic carbocycles. The highest BCUT2D eigenvalue weighted by atomic mass is 16.5. The Labute approximate surface area is 116 Å². The molecule has 0 aromatic heterocycles. The van der Waals surface area contributed by atoms with E-state index in [4.69, 9.17) is 9.84 Å². The number of para-hydroxylation sites is 1. The van der Waals surface area contributed by atoms with Gasteiger partial charge in [0.25, 0.3) is 0 Å². The molecule has 0 aliphatic carbocycles. The number of hydrogen-bond acceptors (Lipinski definition) is 3. The van der Waals surface area contributed by atoms with Crippen molar-refractivity contribution in [3.8, 4) is 5.75 Å². The predicted octanol–water partition coefficient (Wildman–Crippen LogP) is 2.69. The van der Waals surface area contributed by atoms with Crippen molar-refractivity contribution in [1.82, 2.24) is 4.90 Å². The van der Waals surface area contributed by atoms with Gasteiger partial charge in [-0.15, -0.1) is 0 Å². The minimum Gasteiger partial charge on any atom is -0.494 e. The molecule has 1 aliphatic heterocycles. The second-order valence-electron chi connectivity index (χ2n) is 5.21. The molecule has 0 bridgehead atoms. The third-order valence-corrected chi connectivity index (χ3v) is 3.80. The van der Waals surface area contributed by atoms with E-state index in [2.05, 4.69) is 4.90 Å². The van der Waals surface area contributed by atoms with Crippen LogP contribution in [0.3, 0.4) is 0 Å². The van der Waals surface area contributed by atoms with Crippen LogP contribution in [0.5, 0.6) is 5.75 Å². The minimum absolute atomic E-state index is 0.321. The van der Waals surface area contributed by atoms with Crippen LogP contribution < -0.4 is 4.74 Å². The molecule has 1 aromatic rings. The molecular weight excluding hydrogens is 238 g/mol. The van der Waals surface area contributed by atoms with Gasteiger partial charge in [0.2, 0.25) is 0 Å². The highest BCUT2D eigenvalue weighted by Gasteiger charge is 2.23. The van der Waals surface area contributed by atoms with Gasteiger partial charge in [-0.25, -0.2) is 0 Å². The van der Waals surface area contributed by atoms with Crippen LogP contribution in [0.1, 0.15) is 32.1 Å². The second-order valence-corrected chi connectivity index (χ2v) is 5.21. The summed E-state index contributed by atoms with van der Waals surface area (Å²) in [5.74, 6) is 0.959. The summed E-state index contributed by atoms with van der Waals surface area (Å²) < 4.78 is 5.72. The Bertz CT molecular complexity index is 342. The molecule has 0 amide bonds. The van der Waals surface area contributed by atoms with E-state index in [9.17, 15) is 0 Å². The molecule has 106 valence electrons. The topological polar surface area (TPSA) is 32.7 Å². The van der Waals surface area contributed by atoms with E-state index < -0.39 is 0 Å². The lowest BCUT2D eigenvalue weighted by Crippen LogP contribution is -2.31. The van der Waals surface area contributed by atoms with Gasteiger partial charge in [0, 0.05) is 19.2 Å². The molecule has 1 heterocycles. The van der Waals surface area contributed by atoms with E-state index >= 15 is 0 Å². The van der Waals surface area contributed by atoms with Crippen LogP contribution in [-0.4, -0.2) is 42.4 Å². The van der Waals surface area contributed by atoms with Crippen LogP contribution in [0.2, 0.25) is 0 Å². The smallest absolute Gasteiger partial charge is 0.119 e. The van der Waals surface area contributed by atoms with Gasteiger partial charge in [-0.05, 0) is 50.8 Å². The standard InChI is InChI=1S/C16H25NO2/c18-13-5-8-15-7-4-11-17(15)12-6-14-19-16-9-2-1-3-10-16/h1-3,9-10,15,18H,4-8,11-14H2. The Hall–Kier alpha value is -1.06. The SMILES string of the molecule is OCCCC1CCCN1CCCOc1ccccc1. The highest BCUT2D eigenvalue weighted by Crippen LogP contribution is 2.21. The molecule has 1 saturated heterocycles. The van der Waals surface area contributed by atoms with Crippen molar-refractivity contribution in [3.63, 3.8) is 0 Å². The van der Waals surface area contributed by atoms with Crippen LogP contribution in [0.15, 0.2) is 30.3 Å². The Balaban J connectivity index is 1.62. The van der Waals surface area contributed by atoms with Gasteiger partial charge in [-0.3, -0.25) is 0 Å². The van der Waals surface area contributed by atoms with Gasteiger partial charge in [0.1, 0.15) is 5.75 Å². The average molecular weight is 263 g/mol. The molecule has 1 N–H and O–H groups in total. The number of rotatable bonds is 8. The monoisotopic (exact) mass is 263 g/mol. The Morgan fingerprint density at radius 1 is 1.21 bits per heavy atom. The van der Waals surface area contributed by atoms with Crippen molar-refractivity contribution >= 4 is 0 Å². The first-order valence-electron chi connectivity index (χ1n) is 7.43. The maximum Gasteiger partial charge on any atom is 0.119 e. The molecule has 1 aliphatic rings. The number of ether oxygens (including phenoxy) is 1. The number of benzene rings is 1. The molecular formula is C16H25NO2. The fourth-order valence-corrected chi connectivity index (χ4v) is 2.82. The van der Waals surface area contributed by atoms with Gasteiger partial charge in [-0.2, -0.15) is 0 Å². The summed E-state index contributed by atoms with van der Waals surface area (Å²) in [6.07, 6.45) is 5.73. The lowest BCUT2D eigenvalue weighted by atomic mass is 10.1. The van der Waals surface area contributed by atoms with Crippen LogP contribution in [0, 0.1) is 0 Å². The molecule has 3 heteroatoms. The summed E-state index contributed by atoms with van der Waals surface area (Å²) in [5, 5.41) is 8.91. The van der Waals surface area contributed by atoms with E-state index in [1.165, 1.54) is 19.4 Å². The fourth-order valence-electron chi connectivity index (χ4n) is 2.82. The second kappa shape index (κ2) is 8.18. The zero-order valence-electron chi connectivity index (χ0n) is 11.6. The summed E-state index contributed by atoms with van der Waals surface area (Å²) in [4.78, 5) is 2.56. The van der Waals surface area contributed by atoms with E-state index in [1.54, 1.807) is 0 Å². The van der Waals surface area contributed by atoms with Gasteiger partial charge >= 0.3 is 0 Å². The summed E-state index contributed by atoms with van der Waals surface area (Å²) in [7, 11) is 0. The number of aliphatic hydroxyl groups is 1. The zero-order valence-corrected chi connectivity index (χ0v) is 11.6. The summed E-state index contributed by atoms with van der Waals surface area (Å²) in [5.41, 5.74) is 0. The van der Waals surface area contributed by atoms with Crippen LogP contribution in [0.25, 0.3) is 0 Å². The van der Waals surface area contributed by atoms with Crippen LogP contribution in [0.4, 0.5) is 0 Å². The van der Waals surface area contributed by atoms with E-state index in [1.807, 2.05) is 30.3 Å². The fraction of sp³-hybridized carbons (Fsp3) is 0.625. The van der Waals surface area contributed by atoms with Crippen molar-refractivity contribution < 1.29 is 9.84 Å². The molecule has 1 unspecified atom stereocenters. The normalized spacial score (nSPS) is 19.7. The van der Waals surface area contributed by atoms with Crippen LogP contribution in [-0.2, 0) is 0 Å². The third-order valence-electron chi connectivity index (χ3n) is 3.80. The Morgan fingerprint density at radius 2 is 2.05 bits per heavy atom. The molecule has 1 fully saturated rings. The van der Waals surface area contributed by atoms with Gasteiger partial charge in [0.15, 0.2) is 0 Å². The van der Waals surface area contributed by atoms with E-state index in [-0.39, 0.29) is 0 Å². The zero-order chi connectivity index (χ0) is 13.3. The minimum atomic E-state index is 0.321. The maximum atomic E-state index is 8.91. The lowest BCUT2D eigenvalue weighted by Gasteiger charge is -2.24. The molecule has 0 spiro atoms. The third kappa shape index (κ3) is 4.84. The highest BCUT2D eigenvalue weighted by molar-refractivity contribution is 5.20. The summed E-state index contributed by atoms with van der Waals surface area (Å²) in [6, 6.07) is 10.7. The van der Waals surface area contributed by atoms with Gasteiger partial charge in [0.05, 0.1) is 6.61 Å². The van der Waals surface area contributed by atoms with Gasteiger partial charge < -0.3 is 14.7 Å². The van der Waals surface area contributed by atoms with Crippen molar-refractivity contribution in [3.05, 3.63) is 30.3 Å². The maximum absolute atomic E-state index is 8.91. The molecule has 0 radical (unpaired) electrons. The number of nitrogens with zero attached hydrogens (tertiary/aromatic N) is 1. The Morgan fingerprint density at radius 3 is 2.84 bits per heavy atom. The number of aliphatic hydroxyl groups excluding tert-OH is 1. The van der Waals surface area contributed by atoms with Crippen molar-refractivity contribution in [2.75, 3.05) is 26.3 Å². The van der Waals surface area contributed by atoms with Crippen LogP contribution >= 0.6 is 0 Å². The first-order valence-corrected chi connectivity index (χ1v) is 7.43. The Kier molecular flexibility index (Phi) is 6.18.